The molecule has 136 valence electrons. The molecule has 0 aliphatic rings. The summed E-state index contributed by atoms with van der Waals surface area (Å²) in [4.78, 5) is 24.1. The molecule has 0 spiro atoms. The number of benzene rings is 3. The minimum Gasteiger partial charge on any atom is -0.487 e. The number of carboxylic acids is 1. The van der Waals surface area contributed by atoms with Crippen molar-refractivity contribution in [1.82, 2.24) is 0 Å². The summed E-state index contributed by atoms with van der Waals surface area (Å²) >= 11 is 5.84. The molecule has 0 radical (unpaired) electrons. The van der Waals surface area contributed by atoms with Crippen LogP contribution in [-0.2, 0) is 6.61 Å². The van der Waals surface area contributed by atoms with Crippen LogP contribution in [0.5, 0.6) is 5.75 Å². The Hall–Kier alpha value is -3.31. The van der Waals surface area contributed by atoms with Gasteiger partial charge in [-0.15, -0.1) is 0 Å². The fraction of sp³-hybridized carbons (Fsp3) is 0.0476. The average Bonchev–Trinajstić information content (AvgIpc) is 2.68. The van der Waals surface area contributed by atoms with E-state index in [9.17, 15) is 14.7 Å². The lowest BCUT2D eigenvalue weighted by molar-refractivity contribution is 0.0697. The summed E-state index contributed by atoms with van der Waals surface area (Å²) in [5, 5.41) is 12.6. The van der Waals surface area contributed by atoms with Crippen LogP contribution in [0, 0.1) is 0 Å². The lowest BCUT2D eigenvalue weighted by atomic mass is 10.1. The summed E-state index contributed by atoms with van der Waals surface area (Å²) in [5.41, 5.74) is 1.34. The zero-order chi connectivity index (χ0) is 19.2. The molecule has 27 heavy (non-hydrogen) atoms. The lowest BCUT2D eigenvalue weighted by Crippen LogP contribution is -2.16. The minimum atomic E-state index is -1.16. The van der Waals surface area contributed by atoms with Gasteiger partial charge < -0.3 is 15.2 Å². The predicted molar refractivity (Wildman–Crippen MR) is 104 cm³/mol. The van der Waals surface area contributed by atoms with Crippen molar-refractivity contribution in [3.05, 3.63) is 94.5 Å². The van der Waals surface area contributed by atoms with E-state index in [1.54, 1.807) is 36.4 Å². The van der Waals surface area contributed by atoms with Crippen molar-refractivity contribution in [2.75, 3.05) is 5.32 Å². The molecule has 0 heterocycles. The van der Waals surface area contributed by atoms with Gasteiger partial charge in [0, 0.05) is 10.6 Å². The Labute approximate surface area is 161 Å². The zero-order valence-corrected chi connectivity index (χ0v) is 14.9. The molecule has 0 saturated carbocycles. The van der Waals surface area contributed by atoms with Gasteiger partial charge in [0.2, 0.25) is 0 Å². The van der Waals surface area contributed by atoms with Gasteiger partial charge in [-0.3, -0.25) is 4.79 Å². The number of para-hydroxylation sites is 1. The molecule has 0 aliphatic carbocycles. The number of hydrogen-bond donors (Lipinski definition) is 2. The van der Waals surface area contributed by atoms with Crippen molar-refractivity contribution < 1.29 is 19.4 Å². The summed E-state index contributed by atoms with van der Waals surface area (Å²) < 4.78 is 5.77. The van der Waals surface area contributed by atoms with Crippen molar-refractivity contribution in [2.24, 2.45) is 0 Å². The SMILES string of the molecule is O=C(Nc1c(OCc2ccccc2)cccc1C(=O)O)c1ccc(Cl)cc1. The van der Waals surface area contributed by atoms with Gasteiger partial charge in [0.1, 0.15) is 12.4 Å². The molecule has 6 heteroatoms. The maximum Gasteiger partial charge on any atom is 0.337 e. The monoisotopic (exact) mass is 381 g/mol. The molecule has 0 aliphatic heterocycles. The van der Waals surface area contributed by atoms with Gasteiger partial charge in [0.15, 0.2) is 0 Å². The number of halogens is 1. The number of carbonyl (C=O) groups excluding carboxylic acids is 1. The first kappa shape index (κ1) is 18.5. The number of anilines is 1. The van der Waals surface area contributed by atoms with E-state index in [2.05, 4.69) is 5.32 Å². The van der Waals surface area contributed by atoms with Crippen LogP contribution in [0.2, 0.25) is 5.02 Å². The van der Waals surface area contributed by atoms with Crippen molar-refractivity contribution in [1.29, 1.82) is 0 Å². The maximum absolute atomic E-state index is 12.5. The summed E-state index contributed by atoms with van der Waals surface area (Å²) in [6, 6.07) is 20.4. The van der Waals surface area contributed by atoms with Crippen molar-refractivity contribution >= 4 is 29.2 Å². The highest BCUT2D eigenvalue weighted by atomic mass is 35.5. The minimum absolute atomic E-state index is 0.0529. The van der Waals surface area contributed by atoms with E-state index in [0.29, 0.717) is 10.6 Å². The number of nitrogens with one attached hydrogen (secondary N) is 1. The van der Waals surface area contributed by atoms with Crippen LogP contribution in [0.25, 0.3) is 0 Å². The number of amides is 1. The summed E-state index contributed by atoms with van der Waals surface area (Å²) in [7, 11) is 0. The number of carboxylic acid groups (broad SMARTS) is 1. The van der Waals surface area contributed by atoms with E-state index < -0.39 is 11.9 Å². The van der Waals surface area contributed by atoms with Gasteiger partial charge in [-0.1, -0.05) is 48.0 Å². The number of aromatic carboxylic acids is 1. The Balaban J connectivity index is 1.88. The largest absolute Gasteiger partial charge is 0.487 e. The normalized spacial score (nSPS) is 10.3. The standard InChI is InChI=1S/C21H16ClNO4/c22-16-11-9-15(10-12-16)20(24)23-19-17(21(25)26)7-4-8-18(19)27-13-14-5-2-1-3-6-14/h1-12H,13H2,(H,23,24)(H,25,26). The first-order valence-electron chi connectivity index (χ1n) is 8.14. The Kier molecular flexibility index (Phi) is 5.74. The van der Waals surface area contributed by atoms with Crippen LogP contribution in [0.15, 0.2) is 72.8 Å². The number of rotatable bonds is 6. The number of hydrogen-bond acceptors (Lipinski definition) is 3. The molecule has 0 atom stereocenters. The fourth-order valence-corrected chi connectivity index (χ4v) is 2.61. The van der Waals surface area contributed by atoms with Crippen molar-refractivity contribution in [3.8, 4) is 5.75 Å². The molecule has 2 N–H and O–H groups in total. The molecular formula is C21H16ClNO4. The van der Waals surface area contributed by atoms with Crippen LogP contribution in [0.1, 0.15) is 26.3 Å². The third-order valence-electron chi connectivity index (χ3n) is 3.84. The highest BCUT2D eigenvalue weighted by molar-refractivity contribution is 6.30. The second-order valence-electron chi connectivity index (χ2n) is 5.72. The molecule has 0 fully saturated rings. The Morgan fingerprint density at radius 1 is 0.926 bits per heavy atom. The highest BCUT2D eigenvalue weighted by Crippen LogP contribution is 2.30. The van der Waals surface area contributed by atoms with E-state index >= 15 is 0 Å². The lowest BCUT2D eigenvalue weighted by Gasteiger charge is -2.15. The van der Waals surface area contributed by atoms with Crippen LogP contribution < -0.4 is 10.1 Å². The van der Waals surface area contributed by atoms with Gasteiger partial charge in [0.25, 0.3) is 5.91 Å². The summed E-state index contributed by atoms with van der Waals surface area (Å²) in [6.07, 6.45) is 0. The number of ether oxygens (including phenoxy) is 1. The van der Waals surface area contributed by atoms with Gasteiger partial charge in [-0.25, -0.2) is 4.79 Å². The number of carbonyl (C=O) groups is 2. The molecule has 0 aromatic heterocycles. The molecular weight excluding hydrogens is 366 g/mol. The average molecular weight is 382 g/mol. The highest BCUT2D eigenvalue weighted by Gasteiger charge is 2.18. The fourth-order valence-electron chi connectivity index (χ4n) is 2.48. The van der Waals surface area contributed by atoms with Gasteiger partial charge in [0.05, 0.1) is 11.3 Å². The topological polar surface area (TPSA) is 75.6 Å². The predicted octanol–water partition coefficient (Wildman–Crippen LogP) is 4.87. The van der Waals surface area contributed by atoms with E-state index in [1.165, 1.54) is 6.07 Å². The maximum atomic E-state index is 12.5. The Bertz CT molecular complexity index is 956. The summed E-state index contributed by atoms with van der Waals surface area (Å²) in [5.74, 6) is -1.34. The third-order valence-corrected chi connectivity index (χ3v) is 4.09. The molecule has 0 saturated heterocycles. The molecule has 3 aromatic rings. The van der Waals surface area contributed by atoms with Crippen LogP contribution in [0.4, 0.5) is 5.69 Å². The smallest absolute Gasteiger partial charge is 0.337 e. The second-order valence-corrected chi connectivity index (χ2v) is 6.16. The van der Waals surface area contributed by atoms with Crippen molar-refractivity contribution in [2.45, 2.75) is 6.61 Å². The molecule has 3 aromatic carbocycles. The third kappa shape index (κ3) is 4.65. The molecule has 0 bridgehead atoms. The van der Waals surface area contributed by atoms with E-state index in [-0.39, 0.29) is 23.6 Å². The molecule has 5 nitrogen and oxygen atoms in total. The van der Waals surface area contributed by atoms with E-state index in [1.807, 2.05) is 30.3 Å². The molecule has 0 unspecified atom stereocenters. The Morgan fingerprint density at radius 3 is 2.30 bits per heavy atom. The second kappa shape index (κ2) is 8.38. The quantitative estimate of drug-likeness (QED) is 0.638. The van der Waals surface area contributed by atoms with Gasteiger partial charge in [-0.05, 0) is 42.0 Å². The molecule has 3 rings (SSSR count). The van der Waals surface area contributed by atoms with E-state index in [0.717, 1.165) is 5.56 Å². The van der Waals surface area contributed by atoms with E-state index in [4.69, 9.17) is 16.3 Å². The van der Waals surface area contributed by atoms with Gasteiger partial charge in [-0.2, -0.15) is 0 Å². The first-order chi connectivity index (χ1) is 13.0. The summed E-state index contributed by atoms with van der Waals surface area (Å²) in [6.45, 7) is 0.244. The first-order valence-corrected chi connectivity index (χ1v) is 8.52. The van der Waals surface area contributed by atoms with Gasteiger partial charge >= 0.3 is 5.97 Å². The van der Waals surface area contributed by atoms with Crippen LogP contribution >= 0.6 is 11.6 Å². The Morgan fingerprint density at radius 2 is 1.63 bits per heavy atom. The molecule has 1 amide bonds. The zero-order valence-electron chi connectivity index (χ0n) is 14.2. The van der Waals surface area contributed by atoms with Crippen LogP contribution in [0.3, 0.4) is 0 Å². The van der Waals surface area contributed by atoms with Crippen molar-refractivity contribution in [3.63, 3.8) is 0 Å². The van der Waals surface area contributed by atoms with Crippen LogP contribution in [-0.4, -0.2) is 17.0 Å².